The minimum absolute atomic E-state index is 0.383. The van der Waals surface area contributed by atoms with Crippen molar-refractivity contribution in [1.82, 2.24) is 10.9 Å². The lowest BCUT2D eigenvalue weighted by molar-refractivity contribution is 0.0846. The van der Waals surface area contributed by atoms with Crippen molar-refractivity contribution in [3.63, 3.8) is 0 Å². The summed E-state index contributed by atoms with van der Waals surface area (Å²) in [6.07, 6.45) is 0. The van der Waals surface area contributed by atoms with E-state index in [4.69, 9.17) is 4.74 Å². The molecule has 0 aliphatic rings. The fourth-order valence-electron chi connectivity index (χ4n) is 2.51. The van der Waals surface area contributed by atoms with Crippen molar-refractivity contribution < 1.29 is 14.3 Å². The molecule has 3 rings (SSSR count). The highest BCUT2D eigenvalue weighted by atomic mass is 127. The zero-order valence-corrected chi connectivity index (χ0v) is 16.7. The van der Waals surface area contributed by atoms with Crippen LogP contribution in [0.2, 0.25) is 0 Å². The monoisotopic (exact) mass is 472 g/mol. The number of rotatable bonds is 4. The van der Waals surface area contributed by atoms with E-state index in [1.54, 1.807) is 37.4 Å². The summed E-state index contributed by atoms with van der Waals surface area (Å²) in [5, 5.41) is 0. The van der Waals surface area contributed by atoms with Crippen LogP contribution in [0.4, 0.5) is 0 Å². The molecule has 6 heteroatoms. The SMILES string of the molecule is COc1ccc(C(=O)NNC(=O)c2ccc(-c3ccccc3)cc2)cc1I. The van der Waals surface area contributed by atoms with Gasteiger partial charge in [0.15, 0.2) is 0 Å². The van der Waals surface area contributed by atoms with Crippen LogP contribution in [-0.2, 0) is 0 Å². The van der Waals surface area contributed by atoms with Gasteiger partial charge in [-0.15, -0.1) is 0 Å². The van der Waals surface area contributed by atoms with E-state index in [9.17, 15) is 9.59 Å². The Balaban J connectivity index is 1.62. The molecule has 27 heavy (non-hydrogen) atoms. The first-order chi connectivity index (χ1) is 13.1. The fraction of sp³-hybridized carbons (Fsp3) is 0.0476. The maximum absolute atomic E-state index is 12.2. The van der Waals surface area contributed by atoms with Gasteiger partial charge in [0, 0.05) is 11.1 Å². The number of ether oxygens (including phenoxy) is 1. The van der Waals surface area contributed by atoms with E-state index in [1.165, 1.54) is 0 Å². The Morgan fingerprint density at radius 3 is 1.93 bits per heavy atom. The number of amides is 2. The van der Waals surface area contributed by atoms with Crippen molar-refractivity contribution in [1.29, 1.82) is 0 Å². The second kappa shape index (κ2) is 8.68. The molecule has 0 heterocycles. The third-order valence-corrected chi connectivity index (χ3v) is 4.80. The number of hydrogen-bond donors (Lipinski definition) is 2. The maximum atomic E-state index is 12.2. The number of methoxy groups -OCH3 is 1. The Morgan fingerprint density at radius 2 is 1.33 bits per heavy atom. The van der Waals surface area contributed by atoms with Crippen molar-refractivity contribution in [2.75, 3.05) is 7.11 Å². The van der Waals surface area contributed by atoms with Crippen LogP contribution >= 0.6 is 22.6 Å². The number of halogens is 1. The van der Waals surface area contributed by atoms with Gasteiger partial charge >= 0.3 is 0 Å². The Labute approximate surface area is 170 Å². The fourth-order valence-corrected chi connectivity index (χ4v) is 3.25. The molecule has 0 fully saturated rings. The summed E-state index contributed by atoms with van der Waals surface area (Å²) in [5.41, 5.74) is 7.84. The third kappa shape index (κ3) is 4.65. The summed E-state index contributed by atoms with van der Waals surface area (Å²) in [5.74, 6) is -0.0920. The van der Waals surface area contributed by atoms with Crippen LogP contribution in [0.1, 0.15) is 20.7 Å². The van der Waals surface area contributed by atoms with E-state index in [0.29, 0.717) is 16.9 Å². The van der Waals surface area contributed by atoms with Crippen molar-refractivity contribution in [2.45, 2.75) is 0 Å². The lowest BCUT2D eigenvalue weighted by Crippen LogP contribution is -2.41. The van der Waals surface area contributed by atoms with E-state index in [1.807, 2.05) is 42.5 Å². The van der Waals surface area contributed by atoms with E-state index < -0.39 is 5.91 Å². The number of hydrazine groups is 1. The molecule has 2 amide bonds. The number of carbonyl (C=O) groups excluding carboxylic acids is 2. The maximum Gasteiger partial charge on any atom is 0.269 e. The van der Waals surface area contributed by atoms with Crippen LogP contribution < -0.4 is 15.6 Å². The molecule has 0 spiro atoms. The molecule has 5 nitrogen and oxygen atoms in total. The van der Waals surface area contributed by atoms with Crippen molar-refractivity contribution in [2.24, 2.45) is 0 Å². The summed E-state index contributed by atoms with van der Waals surface area (Å²) in [7, 11) is 1.57. The summed E-state index contributed by atoms with van der Waals surface area (Å²) in [6, 6.07) is 22.1. The van der Waals surface area contributed by atoms with Gasteiger partial charge in [0.1, 0.15) is 5.75 Å². The largest absolute Gasteiger partial charge is 0.496 e. The lowest BCUT2D eigenvalue weighted by Gasteiger charge is -2.09. The molecule has 2 N–H and O–H groups in total. The van der Waals surface area contributed by atoms with Crippen LogP contribution in [0.3, 0.4) is 0 Å². The second-order valence-electron chi connectivity index (χ2n) is 5.70. The first kappa shape index (κ1) is 18.9. The average Bonchev–Trinajstić information content (AvgIpc) is 2.72. The van der Waals surface area contributed by atoms with Crippen LogP contribution in [0.5, 0.6) is 5.75 Å². The van der Waals surface area contributed by atoms with Crippen LogP contribution in [0.15, 0.2) is 72.8 Å². The Morgan fingerprint density at radius 1 is 0.778 bits per heavy atom. The van der Waals surface area contributed by atoms with Crippen molar-refractivity contribution in [3.8, 4) is 16.9 Å². The first-order valence-electron chi connectivity index (χ1n) is 8.18. The normalized spacial score (nSPS) is 10.1. The Bertz CT molecular complexity index is 957. The van der Waals surface area contributed by atoms with Crippen LogP contribution in [0.25, 0.3) is 11.1 Å². The number of benzene rings is 3. The summed E-state index contributed by atoms with van der Waals surface area (Å²) >= 11 is 2.09. The van der Waals surface area contributed by atoms with Gasteiger partial charge in [0.25, 0.3) is 11.8 Å². The van der Waals surface area contributed by atoms with Crippen LogP contribution in [-0.4, -0.2) is 18.9 Å². The Hall–Kier alpha value is -2.87. The molecule has 0 bridgehead atoms. The van der Waals surface area contributed by atoms with Gasteiger partial charge in [-0.05, 0) is 64.0 Å². The minimum Gasteiger partial charge on any atom is -0.496 e. The quantitative estimate of drug-likeness (QED) is 0.445. The molecule has 0 unspecified atom stereocenters. The van der Waals surface area contributed by atoms with Gasteiger partial charge in [-0.1, -0.05) is 42.5 Å². The van der Waals surface area contributed by atoms with Crippen LogP contribution in [0, 0.1) is 3.57 Å². The van der Waals surface area contributed by atoms with Gasteiger partial charge in [-0.3, -0.25) is 20.4 Å². The summed E-state index contributed by atoms with van der Waals surface area (Å²) in [4.78, 5) is 24.4. The molecule has 3 aromatic carbocycles. The average molecular weight is 472 g/mol. The lowest BCUT2D eigenvalue weighted by atomic mass is 10.0. The topological polar surface area (TPSA) is 67.4 Å². The van der Waals surface area contributed by atoms with Crippen molar-refractivity contribution >= 4 is 34.4 Å². The molecule has 0 aliphatic carbocycles. The smallest absolute Gasteiger partial charge is 0.269 e. The van der Waals surface area contributed by atoms with Gasteiger partial charge < -0.3 is 4.74 Å². The first-order valence-corrected chi connectivity index (χ1v) is 9.26. The van der Waals surface area contributed by atoms with E-state index in [-0.39, 0.29) is 5.91 Å². The van der Waals surface area contributed by atoms with Crippen molar-refractivity contribution in [3.05, 3.63) is 87.5 Å². The molecule has 136 valence electrons. The highest BCUT2D eigenvalue weighted by molar-refractivity contribution is 14.1. The highest BCUT2D eigenvalue weighted by Crippen LogP contribution is 2.21. The van der Waals surface area contributed by atoms with Gasteiger partial charge in [-0.2, -0.15) is 0 Å². The van der Waals surface area contributed by atoms with E-state index in [2.05, 4.69) is 33.4 Å². The van der Waals surface area contributed by atoms with Gasteiger partial charge in [0.05, 0.1) is 10.7 Å². The Kier molecular flexibility index (Phi) is 6.08. The third-order valence-electron chi connectivity index (χ3n) is 3.96. The zero-order chi connectivity index (χ0) is 19.2. The highest BCUT2D eigenvalue weighted by Gasteiger charge is 2.11. The molecule has 0 saturated heterocycles. The molecule has 3 aromatic rings. The molecular formula is C21H17IN2O3. The van der Waals surface area contributed by atoms with E-state index >= 15 is 0 Å². The predicted molar refractivity (Wildman–Crippen MR) is 113 cm³/mol. The van der Waals surface area contributed by atoms with Gasteiger partial charge in [-0.25, -0.2) is 0 Å². The van der Waals surface area contributed by atoms with Gasteiger partial charge in [0.2, 0.25) is 0 Å². The van der Waals surface area contributed by atoms with E-state index in [0.717, 1.165) is 14.7 Å². The molecule has 0 aromatic heterocycles. The zero-order valence-electron chi connectivity index (χ0n) is 14.5. The predicted octanol–water partition coefficient (Wildman–Crippen LogP) is 4.04. The second-order valence-corrected chi connectivity index (χ2v) is 6.86. The molecule has 0 aliphatic heterocycles. The summed E-state index contributed by atoms with van der Waals surface area (Å²) < 4.78 is 5.98. The summed E-state index contributed by atoms with van der Waals surface area (Å²) in [6.45, 7) is 0. The number of hydrogen-bond acceptors (Lipinski definition) is 3. The minimum atomic E-state index is -0.398. The number of carbonyl (C=O) groups is 2. The molecule has 0 radical (unpaired) electrons. The molecular weight excluding hydrogens is 455 g/mol. The standard InChI is InChI=1S/C21H17IN2O3/c1-27-19-12-11-17(13-18(19)22)21(26)24-23-20(25)16-9-7-15(8-10-16)14-5-3-2-4-6-14/h2-13H,1H3,(H,23,25)(H,24,26). The number of nitrogens with one attached hydrogen (secondary N) is 2. The molecule has 0 atom stereocenters. The molecule has 0 saturated carbocycles.